The minimum atomic E-state index is -0.773. The molecule has 0 bridgehead atoms. The molecule has 0 fully saturated rings. The molecule has 104 valence electrons. The van der Waals surface area contributed by atoms with Crippen LogP contribution in [0.5, 0.6) is 0 Å². The Morgan fingerprint density at radius 1 is 1.21 bits per heavy atom. The van der Waals surface area contributed by atoms with E-state index in [0.717, 1.165) is 18.5 Å². The van der Waals surface area contributed by atoms with E-state index in [-0.39, 0.29) is 5.60 Å². The van der Waals surface area contributed by atoms with Gasteiger partial charge in [0.1, 0.15) is 0 Å². The van der Waals surface area contributed by atoms with Crippen LogP contribution in [0.1, 0.15) is 39.7 Å². The first-order valence-corrected chi connectivity index (χ1v) is 6.79. The molecule has 0 aliphatic rings. The van der Waals surface area contributed by atoms with Crippen LogP contribution in [0, 0.1) is 11.3 Å². The first-order valence-electron chi connectivity index (χ1n) is 6.79. The van der Waals surface area contributed by atoms with Gasteiger partial charge in [0.2, 0.25) is 0 Å². The van der Waals surface area contributed by atoms with Crippen molar-refractivity contribution in [2.45, 2.75) is 45.3 Å². The highest BCUT2D eigenvalue weighted by Gasteiger charge is 2.33. The van der Waals surface area contributed by atoms with Crippen LogP contribution in [0.2, 0.25) is 0 Å². The lowest BCUT2D eigenvalue weighted by molar-refractivity contribution is -0.0272. The fraction of sp³-hybridized carbons (Fsp3) is 0.562. The van der Waals surface area contributed by atoms with Gasteiger partial charge in [-0.15, -0.1) is 0 Å². The Kier molecular flexibility index (Phi) is 5.53. The fourth-order valence-corrected chi connectivity index (χ4v) is 1.76. The van der Waals surface area contributed by atoms with Crippen molar-refractivity contribution in [3.05, 3.63) is 35.9 Å². The minimum Gasteiger partial charge on any atom is -0.372 e. The summed E-state index contributed by atoms with van der Waals surface area (Å²) in [4.78, 5) is 0. The van der Waals surface area contributed by atoms with Crippen molar-refractivity contribution in [3.63, 3.8) is 0 Å². The van der Waals surface area contributed by atoms with Gasteiger partial charge in [-0.3, -0.25) is 5.32 Å². The van der Waals surface area contributed by atoms with E-state index in [1.54, 1.807) is 0 Å². The van der Waals surface area contributed by atoms with Gasteiger partial charge in [-0.1, -0.05) is 37.3 Å². The van der Waals surface area contributed by atoms with E-state index in [1.165, 1.54) is 0 Å². The van der Waals surface area contributed by atoms with Crippen molar-refractivity contribution in [2.24, 2.45) is 0 Å². The third-order valence-electron chi connectivity index (χ3n) is 2.86. The van der Waals surface area contributed by atoms with Crippen LogP contribution < -0.4 is 5.32 Å². The fourth-order valence-electron chi connectivity index (χ4n) is 1.76. The molecule has 0 saturated heterocycles. The van der Waals surface area contributed by atoms with Gasteiger partial charge >= 0.3 is 0 Å². The number of nitrogens with one attached hydrogen (secondary N) is 1. The highest BCUT2D eigenvalue weighted by atomic mass is 16.5. The summed E-state index contributed by atoms with van der Waals surface area (Å²) >= 11 is 0. The van der Waals surface area contributed by atoms with Crippen LogP contribution >= 0.6 is 0 Å². The Bertz CT molecular complexity index is 417. The van der Waals surface area contributed by atoms with Gasteiger partial charge in [0.15, 0.2) is 5.54 Å². The number of nitriles is 1. The maximum absolute atomic E-state index is 9.66. The van der Waals surface area contributed by atoms with E-state index in [4.69, 9.17) is 4.74 Å². The lowest BCUT2D eigenvalue weighted by atomic mass is 9.91. The quantitative estimate of drug-likeness (QED) is 0.854. The molecule has 0 amide bonds. The summed E-state index contributed by atoms with van der Waals surface area (Å²) in [6.07, 6.45) is 0.978. The van der Waals surface area contributed by atoms with E-state index in [9.17, 15) is 5.26 Å². The van der Waals surface area contributed by atoms with Crippen molar-refractivity contribution >= 4 is 0 Å². The van der Waals surface area contributed by atoms with Crippen LogP contribution in [-0.2, 0) is 10.3 Å². The summed E-state index contributed by atoms with van der Waals surface area (Å²) in [5, 5.41) is 13.0. The average molecular weight is 260 g/mol. The Balaban J connectivity index is 2.99. The molecule has 3 heteroatoms. The molecule has 0 saturated carbocycles. The Hall–Kier alpha value is -1.37. The van der Waals surface area contributed by atoms with Crippen LogP contribution in [-0.4, -0.2) is 18.8 Å². The topological polar surface area (TPSA) is 45.0 Å². The zero-order valence-electron chi connectivity index (χ0n) is 12.4. The van der Waals surface area contributed by atoms with E-state index >= 15 is 0 Å². The third-order valence-corrected chi connectivity index (χ3v) is 2.86. The monoisotopic (exact) mass is 260 g/mol. The lowest BCUT2D eigenvalue weighted by Crippen LogP contribution is -2.47. The zero-order chi connectivity index (χ0) is 14.4. The summed E-state index contributed by atoms with van der Waals surface area (Å²) in [6, 6.07) is 12.2. The summed E-state index contributed by atoms with van der Waals surface area (Å²) in [6.45, 7) is 9.22. The van der Waals surface area contributed by atoms with Gasteiger partial charge in [-0.05, 0) is 39.3 Å². The molecule has 1 N–H and O–H groups in total. The molecule has 0 aliphatic heterocycles. The van der Waals surface area contributed by atoms with E-state index < -0.39 is 5.54 Å². The molecule has 1 aromatic carbocycles. The van der Waals surface area contributed by atoms with Gasteiger partial charge in [0.25, 0.3) is 0 Å². The molecule has 0 aromatic heterocycles. The Labute approximate surface area is 116 Å². The summed E-state index contributed by atoms with van der Waals surface area (Å²) < 4.78 is 5.85. The molecule has 0 aliphatic carbocycles. The van der Waals surface area contributed by atoms with Gasteiger partial charge < -0.3 is 4.74 Å². The van der Waals surface area contributed by atoms with E-state index in [0.29, 0.717) is 6.61 Å². The van der Waals surface area contributed by atoms with Gasteiger partial charge in [0, 0.05) is 0 Å². The Morgan fingerprint density at radius 2 is 1.84 bits per heavy atom. The van der Waals surface area contributed by atoms with Crippen molar-refractivity contribution in [1.29, 1.82) is 5.26 Å². The van der Waals surface area contributed by atoms with Crippen molar-refractivity contribution < 1.29 is 4.74 Å². The lowest BCUT2D eigenvalue weighted by Gasteiger charge is -2.32. The normalized spacial score (nSPS) is 14.7. The SMILES string of the molecule is CCCNC(C#N)(COC(C)(C)C)c1ccccc1. The second-order valence-corrected chi connectivity index (χ2v) is 5.71. The number of hydrogen-bond donors (Lipinski definition) is 1. The molecule has 1 unspecified atom stereocenters. The molecule has 3 nitrogen and oxygen atoms in total. The van der Waals surface area contributed by atoms with Gasteiger partial charge in [-0.25, -0.2) is 0 Å². The molecule has 19 heavy (non-hydrogen) atoms. The molecular formula is C16H24N2O. The van der Waals surface area contributed by atoms with Crippen LogP contribution in [0.15, 0.2) is 30.3 Å². The molecule has 1 rings (SSSR count). The second-order valence-electron chi connectivity index (χ2n) is 5.71. The average Bonchev–Trinajstić information content (AvgIpc) is 2.40. The van der Waals surface area contributed by atoms with E-state index in [2.05, 4.69) is 18.3 Å². The largest absolute Gasteiger partial charge is 0.372 e. The number of ether oxygens (including phenoxy) is 1. The number of rotatable bonds is 6. The number of hydrogen-bond acceptors (Lipinski definition) is 3. The van der Waals surface area contributed by atoms with Crippen LogP contribution in [0.3, 0.4) is 0 Å². The predicted molar refractivity (Wildman–Crippen MR) is 77.7 cm³/mol. The first kappa shape index (κ1) is 15.7. The summed E-state index contributed by atoms with van der Waals surface area (Å²) in [5.41, 5.74) is -0.0785. The molecular weight excluding hydrogens is 236 g/mol. The summed E-state index contributed by atoms with van der Waals surface area (Å²) in [7, 11) is 0. The van der Waals surface area contributed by atoms with Crippen molar-refractivity contribution in [2.75, 3.05) is 13.2 Å². The van der Waals surface area contributed by atoms with E-state index in [1.807, 2.05) is 51.1 Å². The molecule has 1 aromatic rings. The standard InChI is InChI=1S/C16H24N2O/c1-5-11-18-16(12-17,13-19-15(2,3)4)14-9-7-6-8-10-14/h6-10,18H,5,11,13H2,1-4H3. The smallest absolute Gasteiger partial charge is 0.155 e. The maximum atomic E-state index is 9.66. The highest BCUT2D eigenvalue weighted by molar-refractivity contribution is 5.31. The summed E-state index contributed by atoms with van der Waals surface area (Å²) in [5.74, 6) is 0. The zero-order valence-corrected chi connectivity index (χ0v) is 12.4. The minimum absolute atomic E-state index is 0.259. The Morgan fingerprint density at radius 3 is 2.32 bits per heavy atom. The highest BCUT2D eigenvalue weighted by Crippen LogP contribution is 2.23. The van der Waals surface area contributed by atoms with Crippen LogP contribution in [0.25, 0.3) is 0 Å². The molecule has 0 radical (unpaired) electrons. The number of nitrogens with zero attached hydrogens (tertiary/aromatic N) is 1. The van der Waals surface area contributed by atoms with Crippen molar-refractivity contribution in [3.8, 4) is 6.07 Å². The third kappa shape index (κ3) is 4.66. The van der Waals surface area contributed by atoms with Gasteiger partial charge in [-0.2, -0.15) is 5.26 Å². The maximum Gasteiger partial charge on any atom is 0.155 e. The van der Waals surface area contributed by atoms with Crippen molar-refractivity contribution in [1.82, 2.24) is 5.32 Å². The molecule has 0 heterocycles. The van der Waals surface area contributed by atoms with Gasteiger partial charge in [0.05, 0.1) is 18.3 Å². The van der Waals surface area contributed by atoms with Crippen LogP contribution in [0.4, 0.5) is 0 Å². The number of benzene rings is 1. The molecule has 0 spiro atoms. The predicted octanol–water partition coefficient (Wildman–Crippen LogP) is 3.22. The first-order chi connectivity index (χ1) is 8.93. The molecule has 1 atom stereocenters. The second kappa shape index (κ2) is 6.70.